The van der Waals surface area contributed by atoms with E-state index in [4.69, 9.17) is 14.2 Å². The highest BCUT2D eigenvalue weighted by Gasteiger charge is 2.47. The lowest BCUT2D eigenvalue weighted by Crippen LogP contribution is -2.60. The summed E-state index contributed by atoms with van der Waals surface area (Å²) < 4.78 is 31.8. The molecule has 1 saturated carbocycles. The third-order valence-corrected chi connectivity index (χ3v) is 7.61. The lowest BCUT2D eigenvalue weighted by atomic mass is 9.76. The molecule has 11 nitrogen and oxygen atoms in total. The number of pyridine rings is 3. The number of amidine groups is 1. The van der Waals surface area contributed by atoms with Crippen LogP contribution in [0.4, 0.5) is 10.1 Å². The van der Waals surface area contributed by atoms with Crippen molar-refractivity contribution < 1.29 is 28.6 Å². The molecule has 0 amide bonds. The zero-order valence-corrected chi connectivity index (χ0v) is 20.8. The number of methoxy groups -OCH3 is 1. The summed E-state index contributed by atoms with van der Waals surface area (Å²) in [5.74, 6) is -0.212. The van der Waals surface area contributed by atoms with E-state index in [0.717, 1.165) is 31.9 Å². The molecule has 4 aliphatic rings. The van der Waals surface area contributed by atoms with Gasteiger partial charge in [-0.3, -0.25) is 4.98 Å². The van der Waals surface area contributed by atoms with E-state index in [1.807, 2.05) is 11.0 Å². The summed E-state index contributed by atoms with van der Waals surface area (Å²) >= 11 is 0. The van der Waals surface area contributed by atoms with Crippen LogP contribution < -0.4 is 14.8 Å². The number of carbonyl (C=O) groups is 1. The third kappa shape index (κ3) is 4.34. The Balaban J connectivity index is 1.39. The van der Waals surface area contributed by atoms with Gasteiger partial charge in [-0.05, 0) is 43.9 Å². The fourth-order valence-electron chi connectivity index (χ4n) is 5.55. The van der Waals surface area contributed by atoms with Crippen LogP contribution in [0.15, 0.2) is 35.6 Å². The molecule has 2 N–H and O–H groups in total. The average Bonchev–Trinajstić information content (AvgIpc) is 2.96. The van der Waals surface area contributed by atoms with Gasteiger partial charge < -0.3 is 29.6 Å². The molecule has 38 heavy (non-hydrogen) atoms. The minimum absolute atomic E-state index is 0.0474. The van der Waals surface area contributed by atoms with E-state index in [1.54, 1.807) is 18.2 Å². The molecule has 0 atom stereocenters. The third-order valence-electron chi connectivity index (χ3n) is 7.61. The van der Waals surface area contributed by atoms with Gasteiger partial charge in [0, 0.05) is 18.1 Å². The average molecular weight is 523 g/mol. The van der Waals surface area contributed by atoms with Crippen LogP contribution >= 0.6 is 0 Å². The maximum Gasteiger partial charge on any atom is 0.332 e. The molecule has 198 valence electrons. The van der Waals surface area contributed by atoms with Crippen LogP contribution in [-0.2, 0) is 22.5 Å². The summed E-state index contributed by atoms with van der Waals surface area (Å²) in [7, 11) is 1.49. The smallest absolute Gasteiger partial charge is 0.332 e. The van der Waals surface area contributed by atoms with Gasteiger partial charge in [0.1, 0.15) is 18.2 Å². The first-order chi connectivity index (χ1) is 18.5. The van der Waals surface area contributed by atoms with Gasteiger partial charge in [0.15, 0.2) is 0 Å². The number of rotatable bonds is 6. The van der Waals surface area contributed by atoms with E-state index in [0.29, 0.717) is 34.9 Å². The summed E-state index contributed by atoms with van der Waals surface area (Å²) in [4.78, 5) is 26.9. The maximum atomic E-state index is 15.2. The molecule has 3 aliphatic heterocycles. The zero-order valence-electron chi connectivity index (χ0n) is 20.8. The van der Waals surface area contributed by atoms with Crippen LogP contribution in [0.2, 0.25) is 0 Å². The number of ether oxygens (including phenoxy) is 3. The van der Waals surface area contributed by atoms with Crippen LogP contribution in [0.3, 0.4) is 0 Å². The van der Waals surface area contributed by atoms with Gasteiger partial charge in [-0.15, -0.1) is 0 Å². The molecule has 0 unspecified atom stereocenters. The number of oxime groups is 1. The highest BCUT2D eigenvalue weighted by molar-refractivity contribution is 5.89. The Morgan fingerprint density at radius 3 is 2.87 bits per heavy atom. The lowest BCUT2D eigenvalue weighted by molar-refractivity contribution is -0.133. The summed E-state index contributed by atoms with van der Waals surface area (Å²) in [6.45, 7) is 0.761. The minimum Gasteiger partial charge on any atom is -0.481 e. The van der Waals surface area contributed by atoms with Gasteiger partial charge in [0.05, 0.1) is 60.5 Å². The number of halogens is 1. The first-order valence-electron chi connectivity index (χ1n) is 12.5. The molecular formula is C26H27FN6O5. The zero-order chi connectivity index (χ0) is 26.3. The molecule has 3 aromatic heterocycles. The summed E-state index contributed by atoms with van der Waals surface area (Å²) in [6.07, 6.45) is 4.71. The molecule has 12 heteroatoms. The molecule has 2 saturated heterocycles. The highest BCUT2D eigenvalue weighted by atomic mass is 19.1. The van der Waals surface area contributed by atoms with Gasteiger partial charge in [-0.1, -0.05) is 5.16 Å². The van der Waals surface area contributed by atoms with Crippen molar-refractivity contribution in [2.45, 2.75) is 50.3 Å². The van der Waals surface area contributed by atoms with E-state index in [9.17, 15) is 10.0 Å². The molecule has 1 aliphatic carbocycles. The Kier molecular flexibility index (Phi) is 6.18. The van der Waals surface area contributed by atoms with Crippen molar-refractivity contribution in [1.82, 2.24) is 19.9 Å². The molecule has 0 spiro atoms. The Bertz CT molecular complexity index is 1410. The van der Waals surface area contributed by atoms with Crippen LogP contribution in [0, 0.1) is 5.82 Å². The number of aromatic nitrogens is 3. The van der Waals surface area contributed by atoms with Crippen molar-refractivity contribution in [3.63, 3.8) is 0 Å². The van der Waals surface area contributed by atoms with E-state index < -0.39 is 17.3 Å². The minimum atomic E-state index is -0.564. The Morgan fingerprint density at radius 2 is 2.13 bits per heavy atom. The predicted molar refractivity (Wildman–Crippen MR) is 134 cm³/mol. The summed E-state index contributed by atoms with van der Waals surface area (Å²) in [5.41, 5.74) is 1.83. The molecule has 0 radical (unpaired) electrons. The summed E-state index contributed by atoms with van der Waals surface area (Å²) in [6, 6.07) is 6.99. The van der Waals surface area contributed by atoms with Crippen molar-refractivity contribution in [3.05, 3.63) is 47.5 Å². The van der Waals surface area contributed by atoms with Crippen LogP contribution in [0.1, 0.15) is 36.9 Å². The Labute approximate surface area is 217 Å². The number of hydrogen-bond donors (Lipinski definition) is 2. The molecule has 3 fully saturated rings. The lowest BCUT2D eigenvalue weighted by Gasteiger charge is -2.53. The maximum absolute atomic E-state index is 15.2. The number of anilines is 1. The molecule has 2 bridgehead atoms. The summed E-state index contributed by atoms with van der Waals surface area (Å²) in [5, 5.41) is 17.0. The van der Waals surface area contributed by atoms with Crippen molar-refractivity contribution in [3.8, 4) is 11.8 Å². The topological polar surface area (TPSA) is 131 Å². The molecule has 7 rings (SSSR count). The van der Waals surface area contributed by atoms with E-state index >= 15 is 4.39 Å². The molecule has 3 aromatic rings. The first kappa shape index (κ1) is 24.3. The van der Waals surface area contributed by atoms with Crippen LogP contribution in [0.5, 0.6) is 11.8 Å². The van der Waals surface area contributed by atoms with Crippen molar-refractivity contribution in [2.24, 2.45) is 5.16 Å². The largest absolute Gasteiger partial charge is 0.481 e. The second kappa shape index (κ2) is 9.67. The highest BCUT2D eigenvalue weighted by Crippen LogP contribution is 2.42. The van der Waals surface area contributed by atoms with Gasteiger partial charge in [0.2, 0.25) is 11.8 Å². The SMILES string of the molecule is COc1ccc2ncc(F)c(CC(=NO)N(Cc3ccc4c(n3)OC(=O)CN4)C34CCC(CC3)OC4)c2n1. The normalized spacial score (nSPS) is 22.5. The van der Waals surface area contributed by atoms with E-state index in [1.165, 1.54) is 7.11 Å². The van der Waals surface area contributed by atoms with Gasteiger partial charge in [-0.25, -0.2) is 19.2 Å². The fourth-order valence-corrected chi connectivity index (χ4v) is 5.55. The second-order valence-corrected chi connectivity index (χ2v) is 9.80. The van der Waals surface area contributed by atoms with E-state index in [2.05, 4.69) is 25.4 Å². The van der Waals surface area contributed by atoms with Gasteiger partial charge in [-0.2, -0.15) is 0 Å². The second-order valence-electron chi connectivity index (χ2n) is 9.80. The molecule has 0 aromatic carbocycles. The number of esters is 1. The number of carbonyl (C=O) groups excluding carboxylic acids is 1. The van der Waals surface area contributed by atoms with Crippen molar-refractivity contribution in [2.75, 3.05) is 25.6 Å². The Hall–Kier alpha value is -4.06. The van der Waals surface area contributed by atoms with Crippen molar-refractivity contribution >= 4 is 28.5 Å². The number of hydrogen-bond acceptors (Lipinski definition) is 10. The van der Waals surface area contributed by atoms with Gasteiger partial charge in [0.25, 0.3) is 0 Å². The predicted octanol–water partition coefficient (Wildman–Crippen LogP) is 3.05. The Morgan fingerprint density at radius 1 is 1.29 bits per heavy atom. The number of nitrogens with zero attached hydrogens (tertiary/aromatic N) is 5. The van der Waals surface area contributed by atoms with Crippen molar-refractivity contribution in [1.29, 1.82) is 0 Å². The monoisotopic (exact) mass is 522 g/mol. The van der Waals surface area contributed by atoms with Crippen LogP contribution in [-0.4, -0.2) is 68.8 Å². The number of nitrogens with one attached hydrogen (secondary N) is 1. The standard InChI is InChI=1S/C26H27FN6O5/c1-36-22-5-4-19-24(31-22)17(18(27)11-28-19)10-21(32-35)33(26-8-6-16(7-9-26)37-14-26)13-15-2-3-20-25(30-15)38-23(34)12-29-20/h2-5,11,16,29,35H,6-10,12-14H2,1H3. The first-order valence-corrected chi connectivity index (χ1v) is 12.5. The van der Waals surface area contributed by atoms with E-state index in [-0.39, 0.29) is 42.9 Å². The molecular weight excluding hydrogens is 495 g/mol. The quantitative estimate of drug-likeness (QED) is 0.164. The fraction of sp³-hybridized carbons (Fsp3) is 0.423. The molecule has 6 heterocycles. The van der Waals surface area contributed by atoms with Crippen LogP contribution in [0.25, 0.3) is 11.0 Å². The number of fused-ring (bicyclic) bond motifs is 5. The van der Waals surface area contributed by atoms with Gasteiger partial charge >= 0.3 is 5.97 Å².